The quantitative estimate of drug-likeness (QED) is 0.388. The van der Waals surface area contributed by atoms with Crippen molar-refractivity contribution in [1.29, 1.82) is 0 Å². The van der Waals surface area contributed by atoms with Gasteiger partial charge in [0.15, 0.2) is 0 Å². The third-order valence-corrected chi connectivity index (χ3v) is 6.62. The number of fused-ring (bicyclic) bond motifs is 2. The van der Waals surface area contributed by atoms with Crippen molar-refractivity contribution < 1.29 is 4.74 Å². The number of benzene rings is 2. The molecule has 32 heavy (non-hydrogen) atoms. The number of hydrogen-bond acceptors (Lipinski definition) is 4. The van der Waals surface area contributed by atoms with E-state index in [2.05, 4.69) is 6.92 Å². The van der Waals surface area contributed by atoms with Crippen LogP contribution in [0.4, 0.5) is 0 Å². The molecule has 8 heteroatoms. The van der Waals surface area contributed by atoms with E-state index in [1.54, 1.807) is 6.07 Å². The van der Waals surface area contributed by atoms with Crippen molar-refractivity contribution in [2.45, 2.75) is 45.3 Å². The van der Waals surface area contributed by atoms with Crippen LogP contribution in [0.3, 0.4) is 0 Å². The second-order valence-electron chi connectivity index (χ2n) is 8.26. The van der Waals surface area contributed by atoms with E-state index in [4.69, 9.17) is 38.9 Å². The molecule has 1 atom stereocenters. The smallest absolute Gasteiger partial charge is 0.269 e. The molecule has 0 radical (unpaired) electrons. The van der Waals surface area contributed by atoms with Gasteiger partial charge in [-0.25, -0.2) is 9.36 Å². The summed E-state index contributed by atoms with van der Waals surface area (Å²) in [6, 6.07) is 9.05. The molecular formula is C24H24Cl2N4O2. The average molecular weight is 471 g/mol. The summed E-state index contributed by atoms with van der Waals surface area (Å²) in [6.07, 6.45) is 6.59. The number of aryl methyl sites for hydroxylation is 1. The van der Waals surface area contributed by atoms with Gasteiger partial charge in [-0.2, -0.15) is 5.10 Å². The Hall–Kier alpha value is -2.54. The molecule has 1 fully saturated rings. The molecule has 0 aliphatic carbocycles. The standard InChI is InChI=1S/C24H24Cl2N4O2/c1-2-5-14-10-15(25)11-18-17(12-21(31)30(27)24(14)18)16-7-8-20(26)23-19(16)13-29(28-23)22-6-3-4-9-32-22/h7-8,10-13,22H,2-6,9,27H2,1H3. The van der Waals surface area contributed by atoms with E-state index in [9.17, 15) is 4.79 Å². The van der Waals surface area contributed by atoms with E-state index in [1.165, 1.54) is 4.68 Å². The lowest BCUT2D eigenvalue weighted by atomic mass is 9.95. The van der Waals surface area contributed by atoms with E-state index < -0.39 is 0 Å². The van der Waals surface area contributed by atoms with Crippen molar-refractivity contribution in [3.05, 3.63) is 62.5 Å². The number of aromatic nitrogens is 3. The van der Waals surface area contributed by atoms with Crippen LogP contribution in [0.1, 0.15) is 44.4 Å². The summed E-state index contributed by atoms with van der Waals surface area (Å²) in [5.41, 5.74) is 3.67. The van der Waals surface area contributed by atoms with Crippen molar-refractivity contribution in [2.24, 2.45) is 0 Å². The Kier molecular flexibility index (Phi) is 5.61. The van der Waals surface area contributed by atoms with Gasteiger partial charge in [0.05, 0.1) is 10.5 Å². The molecule has 1 aliphatic rings. The van der Waals surface area contributed by atoms with Gasteiger partial charge in [0, 0.05) is 34.7 Å². The molecule has 0 bridgehead atoms. The molecule has 4 aromatic rings. The summed E-state index contributed by atoms with van der Waals surface area (Å²) < 4.78 is 8.98. The van der Waals surface area contributed by atoms with Gasteiger partial charge < -0.3 is 10.6 Å². The first-order valence-corrected chi connectivity index (χ1v) is 11.7. The van der Waals surface area contributed by atoms with E-state index in [-0.39, 0.29) is 11.8 Å². The topological polar surface area (TPSA) is 75.1 Å². The SMILES string of the molecule is CCCc1cc(Cl)cc2c(-c3ccc(Cl)c4nn(C5CCCCO5)cc34)cc(=O)n(N)c12. The summed E-state index contributed by atoms with van der Waals surface area (Å²) >= 11 is 13.0. The zero-order chi connectivity index (χ0) is 22.4. The van der Waals surface area contributed by atoms with Crippen LogP contribution in [0.15, 0.2) is 41.3 Å². The fraction of sp³-hybridized carbons (Fsp3) is 0.333. The van der Waals surface area contributed by atoms with Gasteiger partial charge in [0.25, 0.3) is 5.56 Å². The second-order valence-corrected chi connectivity index (χ2v) is 9.11. The van der Waals surface area contributed by atoms with Crippen molar-refractivity contribution in [3.63, 3.8) is 0 Å². The van der Waals surface area contributed by atoms with Crippen molar-refractivity contribution >= 4 is 45.0 Å². The van der Waals surface area contributed by atoms with Crippen LogP contribution in [0.5, 0.6) is 0 Å². The van der Waals surface area contributed by atoms with Gasteiger partial charge in [-0.15, -0.1) is 0 Å². The van der Waals surface area contributed by atoms with Gasteiger partial charge in [-0.1, -0.05) is 42.6 Å². The number of hydrogen-bond donors (Lipinski definition) is 1. The van der Waals surface area contributed by atoms with Crippen molar-refractivity contribution in [2.75, 3.05) is 12.4 Å². The van der Waals surface area contributed by atoms with Gasteiger partial charge in [0.2, 0.25) is 0 Å². The minimum atomic E-state index is -0.279. The van der Waals surface area contributed by atoms with Crippen LogP contribution in [-0.2, 0) is 11.2 Å². The Balaban J connectivity index is 1.79. The van der Waals surface area contributed by atoms with E-state index >= 15 is 0 Å². The first kappa shape index (κ1) is 21.3. The highest BCUT2D eigenvalue weighted by molar-refractivity contribution is 6.35. The highest BCUT2D eigenvalue weighted by atomic mass is 35.5. The number of nitrogens with two attached hydrogens (primary N) is 1. The summed E-state index contributed by atoms with van der Waals surface area (Å²) in [4.78, 5) is 12.9. The van der Waals surface area contributed by atoms with Crippen molar-refractivity contribution in [3.8, 4) is 11.1 Å². The van der Waals surface area contributed by atoms with Crippen LogP contribution in [-0.4, -0.2) is 21.1 Å². The molecule has 2 aromatic heterocycles. The van der Waals surface area contributed by atoms with Gasteiger partial charge in [-0.05, 0) is 60.6 Å². The highest BCUT2D eigenvalue weighted by Crippen LogP contribution is 2.38. The molecule has 6 nitrogen and oxygen atoms in total. The van der Waals surface area contributed by atoms with Crippen LogP contribution >= 0.6 is 23.2 Å². The lowest BCUT2D eigenvalue weighted by molar-refractivity contribution is -0.0390. The first-order chi connectivity index (χ1) is 15.5. The Labute approximate surface area is 195 Å². The number of nitrogen functional groups attached to an aromatic ring is 1. The Morgan fingerprint density at radius 2 is 2.00 bits per heavy atom. The normalized spacial score (nSPS) is 16.8. The molecule has 0 saturated carbocycles. The van der Waals surface area contributed by atoms with E-state index in [0.717, 1.165) is 66.2 Å². The number of ether oxygens (including phenoxy) is 1. The third-order valence-electron chi connectivity index (χ3n) is 6.09. The molecule has 3 heterocycles. The molecule has 0 amide bonds. The monoisotopic (exact) mass is 470 g/mol. The summed E-state index contributed by atoms with van der Waals surface area (Å²) in [6.45, 7) is 2.81. The Morgan fingerprint density at radius 1 is 1.16 bits per heavy atom. The van der Waals surface area contributed by atoms with Gasteiger partial charge in [-0.3, -0.25) is 4.79 Å². The van der Waals surface area contributed by atoms with Crippen LogP contribution in [0.25, 0.3) is 32.9 Å². The van der Waals surface area contributed by atoms with Crippen LogP contribution in [0.2, 0.25) is 10.0 Å². The molecule has 5 rings (SSSR count). The maximum atomic E-state index is 12.9. The summed E-state index contributed by atoms with van der Waals surface area (Å²) in [5, 5.41) is 7.58. The fourth-order valence-electron chi connectivity index (χ4n) is 4.61. The minimum Gasteiger partial charge on any atom is -0.357 e. The number of halogens is 2. The van der Waals surface area contributed by atoms with E-state index in [0.29, 0.717) is 21.1 Å². The zero-order valence-corrected chi connectivity index (χ0v) is 19.3. The van der Waals surface area contributed by atoms with Gasteiger partial charge in [0.1, 0.15) is 11.7 Å². The largest absolute Gasteiger partial charge is 0.357 e. The fourth-order valence-corrected chi connectivity index (χ4v) is 5.06. The molecular weight excluding hydrogens is 447 g/mol. The lowest BCUT2D eigenvalue weighted by Gasteiger charge is -2.22. The predicted octanol–water partition coefficient (Wildman–Crippen LogP) is 5.69. The molecule has 1 unspecified atom stereocenters. The average Bonchev–Trinajstić information content (AvgIpc) is 3.24. The molecule has 166 valence electrons. The first-order valence-electron chi connectivity index (χ1n) is 10.9. The molecule has 1 saturated heterocycles. The minimum absolute atomic E-state index is 0.112. The molecule has 1 aliphatic heterocycles. The summed E-state index contributed by atoms with van der Waals surface area (Å²) in [7, 11) is 0. The summed E-state index contributed by atoms with van der Waals surface area (Å²) in [5.74, 6) is 6.19. The second kappa shape index (κ2) is 8.43. The number of nitrogens with zero attached hydrogens (tertiary/aromatic N) is 3. The maximum Gasteiger partial charge on any atom is 0.269 e. The predicted molar refractivity (Wildman–Crippen MR) is 130 cm³/mol. The molecule has 2 aromatic carbocycles. The highest BCUT2D eigenvalue weighted by Gasteiger charge is 2.21. The van der Waals surface area contributed by atoms with E-state index in [1.807, 2.05) is 35.1 Å². The Morgan fingerprint density at radius 3 is 2.75 bits per heavy atom. The maximum absolute atomic E-state index is 12.9. The van der Waals surface area contributed by atoms with Crippen molar-refractivity contribution in [1.82, 2.24) is 14.5 Å². The van der Waals surface area contributed by atoms with Crippen LogP contribution in [0, 0.1) is 0 Å². The Bertz CT molecular complexity index is 1390. The van der Waals surface area contributed by atoms with Gasteiger partial charge >= 0.3 is 0 Å². The van der Waals surface area contributed by atoms with Crippen LogP contribution < -0.4 is 11.4 Å². The third kappa shape index (κ3) is 3.56. The number of pyridine rings is 1. The molecule has 2 N–H and O–H groups in total. The molecule has 0 spiro atoms. The number of rotatable bonds is 4. The zero-order valence-electron chi connectivity index (χ0n) is 17.8. The lowest BCUT2D eigenvalue weighted by Crippen LogP contribution is -2.27.